The predicted molar refractivity (Wildman–Crippen MR) is 152 cm³/mol. The SMILES string of the molecule is C=C/C=C\C(=C/C)S(=O)(=O)CCN1CCn2c([C@@H]3CCCN3C(=O)c3c(Cl)cccc3Cl)nc(=O)c(O)c2C1=O. The lowest BCUT2D eigenvalue weighted by molar-refractivity contribution is 0.0689. The number of hydrogen-bond donors (Lipinski definition) is 1. The number of halogens is 2. The van der Waals surface area contributed by atoms with E-state index >= 15 is 0 Å². The van der Waals surface area contributed by atoms with Gasteiger partial charge in [0, 0.05) is 26.2 Å². The van der Waals surface area contributed by atoms with E-state index in [-0.39, 0.29) is 57.4 Å². The third kappa shape index (κ3) is 5.59. The molecule has 3 heterocycles. The smallest absolute Gasteiger partial charge is 0.315 e. The molecule has 1 aromatic carbocycles. The maximum Gasteiger partial charge on any atom is 0.315 e. The molecule has 1 N–H and O–H groups in total. The van der Waals surface area contributed by atoms with Crippen molar-refractivity contribution in [1.29, 1.82) is 0 Å². The molecular formula is C27H28Cl2N4O6S. The van der Waals surface area contributed by atoms with Crippen molar-refractivity contribution in [1.82, 2.24) is 19.4 Å². The highest BCUT2D eigenvalue weighted by Gasteiger charge is 2.39. The lowest BCUT2D eigenvalue weighted by atomic mass is 10.1. The number of amides is 2. The zero-order valence-electron chi connectivity index (χ0n) is 21.7. The maximum atomic E-state index is 13.5. The number of nitrogens with zero attached hydrogens (tertiary/aromatic N) is 4. The van der Waals surface area contributed by atoms with E-state index in [9.17, 15) is 27.9 Å². The summed E-state index contributed by atoms with van der Waals surface area (Å²) in [6.45, 7) is 5.58. The van der Waals surface area contributed by atoms with E-state index < -0.39 is 39.0 Å². The Hall–Kier alpha value is -3.41. The van der Waals surface area contributed by atoms with Gasteiger partial charge in [-0.2, -0.15) is 4.98 Å². The monoisotopic (exact) mass is 606 g/mol. The highest BCUT2D eigenvalue weighted by atomic mass is 35.5. The minimum absolute atomic E-state index is 0.0902. The van der Waals surface area contributed by atoms with Crippen molar-refractivity contribution in [3.63, 3.8) is 0 Å². The van der Waals surface area contributed by atoms with Crippen LogP contribution in [0.25, 0.3) is 0 Å². The third-order valence-corrected chi connectivity index (χ3v) is 9.37. The van der Waals surface area contributed by atoms with Crippen molar-refractivity contribution in [2.75, 3.05) is 25.4 Å². The summed E-state index contributed by atoms with van der Waals surface area (Å²) in [5, 5.41) is 10.9. The molecule has 13 heteroatoms. The normalized spacial score (nSPS) is 17.9. The van der Waals surface area contributed by atoms with E-state index in [0.29, 0.717) is 19.4 Å². The van der Waals surface area contributed by atoms with Gasteiger partial charge >= 0.3 is 5.56 Å². The van der Waals surface area contributed by atoms with Crippen molar-refractivity contribution in [2.45, 2.75) is 32.4 Å². The maximum absolute atomic E-state index is 13.5. The van der Waals surface area contributed by atoms with E-state index in [1.807, 2.05) is 0 Å². The van der Waals surface area contributed by atoms with Gasteiger partial charge in [0.15, 0.2) is 15.5 Å². The first-order valence-electron chi connectivity index (χ1n) is 12.6. The Bertz CT molecular complexity index is 1580. The zero-order valence-corrected chi connectivity index (χ0v) is 24.0. The van der Waals surface area contributed by atoms with Crippen molar-refractivity contribution in [3.05, 3.63) is 91.5 Å². The summed E-state index contributed by atoms with van der Waals surface area (Å²) in [6, 6.07) is 4.07. The van der Waals surface area contributed by atoms with Crippen LogP contribution in [-0.4, -0.2) is 70.1 Å². The summed E-state index contributed by atoms with van der Waals surface area (Å²) in [7, 11) is -3.71. The summed E-state index contributed by atoms with van der Waals surface area (Å²) in [5.41, 5.74) is -1.17. The standard InChI is InChI=1S/C27H28Cl2N4O6S/c1-3-5-8-17(4-2)40(38,39)16-15-31-13-14-33-22(27(31)37)23(34)25(35)30-24(33)20-11-7-12-32(20)26(36)21-18(28)9-6-10-19(21)29/h3-6,8-10,20,34H,1,7,11-16H2,2H3/b8-5-,17-4+/t20-/m0/s1. The van der Waals surface area contributed by atoms with Crippen molar-refractivity contribution in [3.8, 4) is 5.75 Å². The first-order valence-corrected chi connectivity index (χ1v) is 15.0. The number of hydrogen-bond acceptors (Lipinski definition) is 7. The Morgan fingerprint density at radius 3 is 2.55 bits per heavy atom. The average molecular weight is 608 g/mol. The first kappa shape index (κ1) is 29.6. The Labute approximate surface area is 241 Å². The number of aromatic hydroxyl groups is 1. The Morgan fingerprint density at radius 1 is 1.20 bits per heavy atom. The molecule has 0 radical (unpaired) electrons. The Kier molecular flexibility index (Phi) is 8.86. The fraction of sp³-hybridized carbons (Fsp3) is 0.333. The van der Waals surface area contributed by atoms with Crippen LogP contribution in [0.5, 0.6) is 5.75 Å². The Balaban J connectivity index is 1.65. The van der Waals surface area contributed by atoms with Crippen LogP contribution in [0.3, 0.4) is 0 Å². The van der Waals surface area contributed by atoms with E-state index in [4.69, 9.17) is 23.2 Å². The molecule has 2 amide bonds. The molecule has 1 atom stereocenters. The average Bonchev–Trinajstić information content (AvgIpc) is 3.40. The molecule has 0 unspecified atom stereocenters. The molecule has 2 aliphatic rings. The summed E-state index contributed by atoms with van der Waals surface area (Å²) in [6.07, 6.45) is 6.91. The second-order valence-corrected chi connectivity index (χ2v) is 12.2. The first-order chi connectivity index (χ1) is 19.0. The number of likely N-dealkylation sites (tertiary alicyclic amines) is 1. The number of rotatable bonds is 8. The Morgan fingerprint density at radius 2 is 1.90 bits per heavy atom. The zero-order chi connectivity index (χ0) is 29.2. The number of sulfone groups is 1. The summed E-state index contributed by atoms with van der Waals surface area (Å²) in [5.74, 6) is -2.15. The molecule has 4 rings (SSSR count). The predicted octanol–water partition coefficient (Wildman–Crippen LogP) is 3.75. The minimum atomic E-state index is -3.71. The van der Waals surface area contributed by atoms with Crippen LogP contribution in [-0.2, 0) is 16.4 Å². The lowest BCUT2D eigenvalue weighted by Gasteiger charge is -2.34. The number of aromatic nitrogens is 2. The van der Waals surface area contributed by atoms with Gasteiger partial charge in [0.1, 0.15) is 5.82 Å². The molecule has 1 saturated heterocycles. The molecule has 0 spiro atoms. The molecule has 2 aliphatic heterocycles. The van der Waals surface area contributed by atoms with E-state index in [2.05, 4.69) is 11.6 Å². The minimum Gasteiger partial charge on any atom is -0.501 e. The van der Waals surface area contributed by atoms with E-state index in [1.165, 1.54) is 38.7 Å². The van der Waals surface area contributed by atoms with Gasteiger partial charge < -0.3 is 19.5 Å². The van der Waals surface area contributed by atoms with Crippen LogP contribution >= 0.6 is 23.2 Å². The van der Waals surface area contributed by atoms with E-state index in [0.717, 1.165) is 0 Å². The van der Waals surface area contributed by atoms with Gasteiger partial charge in [-0.1, -0.05) is 54.1 Å². The second kappa shape index (κ2) is 12.0. The fourth-order valence-electron chi connectivity index (χ4n) is 4.96. The van der Waals surface area contributed by atoms with Crippen LogP contribution in [0, 0.1) is 0 Å². The van der Waals surface area contributed by atoms with Gasteiger partial charge in [0.2, 0.25) is 5.75 Å². The second-order valence-electron chi connectivity index (χ2n) is 9.27. The molecule has 0 saturated carbocycles. The molecule has 1 aromatic heterocycles. The molecule has 0 bridgehead atoms. The highest BCUT2D eigenvalue weighted by Crippen LogP contribution is 2.36. The molecular weight excluding hydrogens is 579 g/mol. The van der Waals surface area contributed by atoms with Gasteiger partial charge in [-0.25, -0.2) is 8.42 Å². The van der Waals surface area contributed by atoms with Gasteiger partial charge in [-0.3, -0.25) is 14.4 Å². The molecule has 40 heavy (non-hydrogen) atoms. The molecule has 2 aromatic rings. The number of benzene rings is 1. The molecule has 1 fully saturated rings. The lowest BCUT2D eigenvalue weighted by Crippen LogP contribution is -2.46. The van der Waals surface area contributed by atoms with Gasteiger partial charge in [0.25, 0.3) is 11.8 Å². The summed E-state index contributed by atoms with van der Waals surface area (Å²) >= 11 is 12.5. The topological polar surface area (TPSA) is 130 Å². The third-order valence-electron chi connectivity index (χ3n) is 6.93. The largest absolute Gasteiger partial charge is 0.501 e. The highest BCUT2D eigenvalue weighted by molar-refractivity contribution is 7.95. The molecule has 0 aliphatic carbocycles. The fourth-order valence-corrected chi connectivity index (χ4v) is 6.86. The molecule has 212 valence electrons. The van der Waals surface area contributed by atoms with Crippen molar-refractivity contribution in [2.24, 2.45) is 0 Å². The van der Waals surface area contributed by atoms with Crippen LogP contribution in [0.2, 0.25) is 10.0 Å². The van der Waals surface area contributed by atoms with Crippen molar-refractivity contribution >= 4 is 44.9 Å². The van der Waals surface area contributed by atoms with Gasteiger partial charge in [0.05, 0.1) is 32.3 Å². The summed E-state index contributed by atoms with van der Waals surface area (Å²) < 4.78 is 27.1. The number of fused-ring (bicyclic) bond motifs is 1. The molecule has 10 nitrogen and oxygen atoms in total. The van der Waals surface area contributed by atoms with Crippen LogP contribution in [0.4, 0.5) is 0 Å². The summed E-state index contributed by atoms with van der Waals surface area (Å²) in [4.78, 5) is 46.6. The van der Waals surface area contributed by atoms with Gasteiger partial charge in [-0.05, 0) is 38.0 Å². The number of carbonyl (C=O) groups excluding carboxylic acids is 2. The van der Waals surface area contributed by atoms with Crippen LogP contribution in [0.15, 0.2) is 58.8 Å². The van der Waals surface area contributed by atoms with Crippen LogP contribution in [0.1, 0.15) is 52.5 Å². The van der Waals surface area contributed by atoms with Crippen molar-refractivity contribution < 1.29 is 23.1 Å². The number of carbonyl (C=O) groups is 2. The quantitative estimate of drug-likeness (QED) is 0.453. The number of allylic oxidation sites excluding steroid dienone is 4. The van der Waals surface area contributed by atoms with Crippen LogP contribution < -0.4 is 5.56 Å². The van der Waals surface area contributed by atoms with E-state index in [1.54, 1.807) is 25.1 Å². The van der Waals surface area contributed by atoms with Gasteiger partial charge in [-0.15, -0.1) is 0 Å².